The van der Waals surface area contributed by atoms with Crippen molar-refractivity contribution in [2.24, 2.45) is 0 Å². The lowest BCUT2D eigenvalue weighted by Gasteiger charge is -2.08. The number of allylic oxidation sites excluding steroid dienone is 1. The van der Waals surface area contributed by atoms with Crippen molar-refractivity contribution in [2.75, 3.05) is 5.32 Å². The maximum atomic E-state index is 12.1. The zero-order valence-electron chi connectivity index (χ0n) is 11.8. The van der Waals surface area contributed by atoms with Crippen molar-refractivity contribution in [2.45, 2.75) is 6.92 Å². The molecule has 0 saturated heterocycles. The van der Waals surface area contributed by atoms with E-state index in [1.54, 1.807) is 0 Å². The normalized spacial score (nSPS) is 11.1. The molecule has 0 spiro atoms. The van der Waals surface area contributed by atoms with Crippen LogP contribution in [0.15, 0.2) is 54.6 Å². The Morgan fingerprint density at radius 1 is 1.14 bits per heavy atom. The first-order valence-electron chi connectivity index (χ1n) is 6.55. The van der Waals surface area contributed by atoms with Crippen LogP contribution in [0.25, 0.3) is 5.57 Å². The maximum Gasteiger partial charge on any atom is 0.337 e. The molecule has 0 aliphatic heterocycles. The fraction of sp³-hybridized carbons (Fsp3) is 0.0588. The van der Waals surface area contributed by atoms with Crippen LogP contribution in [0.3, 0.4) is 0 Å². The number of amides is 1. The molecule has 2 aromatic rings. The van der Waals surface area contributed by atoms with Crippen molar-refractivity contribution in [3.05, 3.63) is 70.8 Å². The minimum Gasteiger partial charge on any atom is -0.478 e. The fourth-order valence-corrected chi connectivity index (χ4v) is 2.13. The molecule has 2 rings (SSSR count). The number of benzene rings is 2. The van der Waals surface area contributed by atoms with Crippen LogP contribution in [0.1, 0.15) is 22.8 Å². The van der Waals surface area contributed by atoms with Crippen LogP contribution in [0.5, 0.6) is 0 Å². The smallest absolute Gasteiger partial charge is 0.337 e. The van der Waals surface area contributed by atoms with Crippen LogP contribution in [0.4, 0.5) is 5.69 Å². The number of hydrogen-bond acceptors (Lipinski definition) is 2. The number of rotatable bonds is 4. The summed E-state index contributed by atoms with van der Waals surface area (Å²) in [6.45, 7) is 1.81. The number of carboxylic acid groups (broad SMARTS) is 1. The van der Waals surface area contributed by atoms with E-state index < -0.39 is 11.9 Å². The molecule has 2 aromatic carbocycles. The largest absolute Gasteiger partial charge is 0.478 e. The average molecular weight is 316 g/mol. The number of hydrogen-bond donors (Lipinski definition) is 2. The fourth-order valence-electron chi connectivity index (χ4n) is 1.96. The second-order valence-corrected chi connectivity index (χ2v) is 5.11. The van der Waals surface area contributed by atoms with Crippen LogP contribution < -0.4 is 5.32 Å². The van der Waals surface area contributed by atoms with Crippen molar-refractivity contribution < 1.29 is 14.7 Å². The summed E-state index contributed by atoms with van der Waals surface area (Å²) in [6, 6.07) is 13.7. The van der Waals surface area contributed by atoms with Gasteiger partial charge in [-0.15, -0.1) is 0 Å². The van der Waals surface area contributed by atoms with Crippen LogP contribution in [0, 0.1) is 0 Å². The summed E-state index contributed by atoms with van der Waals surface area (Å²) in [7, 11) is 0. The standard InChI is InChI=1S/C17H14ClNO3/c1-11(12-5-3-2-4-6-12)9-16(20)19-15-10-13(18)7-8-14(15)17(21)22/h2-10H,1H3,(H,19,20)(H,21,22)/b11-9+. The summed E-state index contributed by atoms with van der Waals surface area (Å²) in [5, 5.41) is 12.0. The molecule has 22 heavy (non-hydrogen) atoms. The lowest BCUT2D eigenvalue weighted by molar-refractivity contribution is -0.111. The Bertz CT molecular complexity index is 739. The van der Waals surface area contributed by atoms with Crippen molar-refractivity contribution in [3.8, 4) is 0 Å². The van der Waals surface area contributed by atoms with Gasteiger partial charge in [-0.3, -0.25) is 4.79 Å². The third kappa shape index (κ3) is 3.96. The summed E-state index contributed by atoms with van der Waals surface area (Å²) >= 11 is 5.85. The van der Waals surface area contributed by atoms with Crippen LogP contribution >= 0.6 is 11.6 Å². The Morgan fingerprint density at radius 2 is 1.82 bits per heavy atom. The molecular formula is C17H14ClNO3. The number of carbonyl (C=O) groups excluding carboxylic acids is 1. The van der Waals surface area contributed by atoms with E-state index in [4.69, 9.17) is 16.7 Å². The van der Waals surface area contributed by atoms with E-state index in [0.29, 0.717) is 5.02 Å². The number of halogens is 1. The van der Waals surface area contributed by atoms with Crippen molar-refractivity contribution in [1.82, 2.24) is 0 Å². The van der Waals surface area contributed by atoms with Gasteiger partial charge in [-0.05, 0) is 36.3 Å². The molecule has 5 heteroatoms. The highest BCUT2D eigenvalue weighted by atomic mass is 35.5. The van der Waals surface area contributed by atoms with E-state index in [2.05, 4.69) is 5.32 Å². The van der Waals surface area contributed by atoms with Gasteiger partial charge in [0, 0.05) is 11.1 Å². The van der Waals surface area contributed by atoms with Gasteiger partial charge >= 0.3 is 5.97 Å². The first kappa shape index (κ1) is 15.8. The van der Waals surface area contributed by atoms with Gasteiger partial charge in [0.1, 0.15) is 0 Å². The van der Waals surface area contributed by atoms with Crippen molar-refractivity contribution in [1.29, 1.82) is 0 Å². The van der Waals surface area contributed by atoms with Gasteiger partial charge in [-0.1, -0.05) is 41.9 Å². The summed E-state index contributed by atoms with van der Waals surface area (Å²) in [5.41, 5.74) is 1.85. The Kier molecular flexibility index (Phi) is 4.96. The number of anilines is 1. The zero-order valence-corrected chi connectivity index (χ0v) is 12.6. The number of nitrogens with one attached hydrogen (secondary N) is 1. The Hall–Kier alpha value is -2.59. The molecule has 0 atom stereocenters. The van der Waals surface area contributed by atoms with Crippen LogP contribution in [-0.2, 0) is 4.79 Å². The summed E-state index contributed by atoms with van der Waals surface area (Å²) in [6.07, 6.45) is 1.42. The number of aromatic carboxylic acids is 1. The van der Waals surface area contributed by atoms with Gasteiger partial charge in [0.2, 0.25) is 5.91 Å². The van der Waals surface area contributed by atoms with Gasteiger partial charge < -0.3 is 10.4 Å². The molecule has 112 valence electrons. The molecule has 0 bridgehead atoms. The third-order valence-corrected chi connectivity index (χ3v) is 3.28. The second kappa shape index (κ2) is 6.91. The molecule has 0 heterocycles. The van der Waals surface area contributed by atoms with E-state index >= 15 is 0 Å². The van der Waals surface area contributed by atoms with Gasteiger partial charge in [0.25, 0.3) is 0 Å². The molecule has 0 unspecified atom stereocenters. The molecular weight excluding hydrogens is 302 g/mol. The predicted molar refractivity (Wildman–Crippen MR) is 87.1 cm³/mol. The highest BCUT2D eigenvalue weighted by Crippen LogP contribution is 2.21. The summed E-state index contributed by atoms with van der Waals surface area (Å²) in [5.74, 6) is -1.54. The average Bonchev–Trinajstić information content (AvgIpc) is 2.47. The molecule has 0 aliphatic carbocycles. The van der Waals surface area contributed by atoms with E-state index in [-0.39, 0.29) is 11.3 Å². The maximum absolute atomic E-state index is 12.1. The summed E-state index contributed by atoms with van der Waals surface area (Å²) in [4.78, 5) is 23.2. The topological polar surface area (TPSA) is 66.4 Å². The first-order chi connectivity index (χ1) is 10.5. The van der Waals surface area contributed by atoms with Crippen molar-refractivity contribution >= 4 is 34.7 Å². The first-order valence-corrected chi connectivity index (χ1v) is 6.92. The third-order valence-electron chi connectivity index (χ3n) is 3.05. The zero-order chi connectivity index (χ0) is 16.1. The molecule has 0 saturated carbocycles. The number of carbonyl (C=O) groups is 2. The molecule has 0 aliphatic rings. The molecule has 0 radical (unpaired) electrons. The number of carboxylic acids is 1. The van der Waals surface area contributed by atoms with E-state index in [1.807, 2.05) is 37.3 Å². The van der Waals surface area contributed by atoms with Gasteiger partial charge in [-0.25, -0.2) is 4.79 Å². The molecule has 4 nitrogen and oxygen atoms in total. The monoisotopic (exact) mass is 315 g/mol. The van der Waals surface area contributed by atoms with E-state index in [9.17, 15) is 9.59 Å². The quantitative estimate of drug-likeness (QED) is 0.835. The van der Waals surface area contributed by atoms with Crippen molar-refractivity contribution in [3.63, 3.8) is 0 Å². The van der Waals surface area contributed by atoms with Gasteiger partial charge in [-0.2, -0.15) is 0 Å². The molecule has 0 fully saturated rings. The van der Waals surface area contributed by atoms with Crippen LogP contribution in [0.2, 0.25) is 5.02 Å². The van der Waals surface area contributed by atoms with E-state index in [1.165, 1.54) is 24.3 Å². The van der Waals surface area contributed by atoms with Gasteiger partial charge in [0.15, 0.2) is 0 Å². The molecule has 1 amide bonds. The Labute approximate surface area is 133 Å². The molecule has 0 aromatic heterocycles. The lowest BCUT2D eigenvalue weighted by atomic mass is 10.1. The Balaban J connectivity index is 2.23. The highest BCUT2D eigenvalue weighted by molar-refractivity contribution is 6.31. The predicted octanol–water partition coefficient (Wildman–Crippen LogP) is 4.08. The molecule has 2 N–H and O–H groups in total. The Morgan fingerprint density at radius 3 is 2.45 bits per heavy atom. The minimum atomic E-state index is -1.13. The SMILES string of the molecule is C/C(=C\C(=O)Nc1cc(Cl)ccc1C(=O)O)c1ccccc1. The highest BCUT2D eigenvalue weighted by Gasteiger charge is 2.12. The van der Waals surface area contributed by atoms with Crippen LogP contribution in [-0.4, -0.2) is 17.0 Å². The second-order valence-electron chi connectivity index (χ2n) is 4.68. The van der Waals surface area contributed by atoms with E-state index in [0.717, 1.165) is 11.1 Å². The minimum absolute atomic E-state index is 0.0106. The summed E-state index contributed by atoms with van der Waals surface area (Å²) < 4.78 is 0. The lowest BCUT2D eigenvalue weighted by Crippen LogP contribution is -2.12. The van der Waals surface area contributed by atoms with Gasteiger partial charge in [0.05, 0.1) is 11.3 Å².